The second kappa shape index (κ2) is 4.78. The predicted octanol–water partition coefficient (Wildman–Crippen LogP) is 2.71. The van der Waals surface area contributed by atoms with E-state index in [1.807, 2.05) is 31.2 Å². The molecular formula is C12H13FN4. The highest BCUT2D eigenvalue weighted by Gasteiger charge is 2.05. The first-order chi connectivity index (χ1) is 8.19. The van der Waals surface area contributed by atoms with Gasteiger partial charge in [0.1, 0.15) is 0 Å². The monoisotopic (exact) mass is 232 g/mol. The lowest BCUT2D eigenvalue weighted by Gasteiger charge is -2.07. The Balaban J connectivity index is 2.24. The van der Waals surface area contributed by atoms with Gasteiger partial charge in [-0.2, -0.15) is 4.98 Å². The molecule has 0 atom stereocenters. The molecule has 0 aliphatic rings. The number of nitrogens with zero attached hydrogens (tertiary/aromatic N) is 2. The van der Waals surface area contributed by atoms with Crippen molar-refractivity contribution in [3.8, 4) is 0 Å². The van der Waals surface area contributed by atoms with Crippen LogP contribution >= 0.6 is 0 Å². The van der Waals surface area contributed by atoms with E-state index in [1.165, 1.54) is 0 Å². The first kappa shape index (κ1) is 11.3. The lowest BCUT2D eigenvalue weighted by Crippen LogP contribution is -2.02. The molecule has 0 amide bonds. The molecule has 0 spiro atoms. The highest BCUT2D eigenvalue weighted by atomic mass is 19.1. The van der Waals surface area contributed by atoms with E-state index in [2.05, 4.69) is 20.6 Å². The van der Waals surface area contributed by atoms with Crippen molar-refractivity contribution in [2.75, 3.05) is 17.7 Å². The smallest absolute Gasteiger partial charge is 0.229 e. The average Bonchev–Trinajstić information content (AvgIpc) is 2.32. The fourth-order valence-corrected chi connectivity index (χ4v) is 1.45. The predicted molar refractivity (Wildman–Crippen MR) is 66.0 cm³/mol. The molecule has 1 heterocycles. The molecule has 2 aromatic rings. The molecule has 0 unspecified atom stereocenters. The fourth-order valence-electron chi connectivity index (χ4n) is 1.45. The third kappa shape index (κ3) is 2.69. The van der Waals surface area contributed by atoms with Gasteiger partial charge in [-0.05, 0) is 24.6 Å². The maximum absolute atomic E-state index is 13.2. The van der Waals surface area contributed by atoms with Crippen molar-refractivity contribution < 1.29 is 4.39 Å². The average molecular weight is 232 g/mol. The number of aryl methyl sites for hydroxylation is 1. The van der Waals surface area contributed by atoms with Gasteiger partial charge in [-0.25, -0.2) is 9.37 Å². The van der Waals surface area contributed by atoms with E-state index in [4.69, 9.17) is 0 Å². The van der Waals surface area contributed by atoms with Crippen molar-refractivity contribution in [2.45, 2.75) is 6.92 Å². The van der Waals surface area contributed by atoms with Gasteiger partial charge in [-0.3, -0.25) is 0 Å². The van der Waals surface area contributed by atoms with E-state index >= 15 is 0 Å². The van der Waals surface area contributed by atoms with Crippen molar-refractivity contribution in [2.24, 2.45) is 0 Å². The maximum atomic E-state index is 13.2. The van der Waals surface area contributed by atoms with Crippen LogP contribution in [-0.2, 0) is 0 Å². The van der Waals surface area contributed by atoms with E-state index < -0.39 is 5.82 Å². The molecule has 1 aromatic carbocycles. The Bertz CT molecular complexity index is 528. The Morgan fingerprint density at radius 3 is 2.82 bits per heavy atom. The number of rotatable bonds is 3. The van der Waals surface area contributed by atoms with E-state index in [0.717, 1.165) is 17.4 Å². The van der Waals surface area contributed by atoms with E-state index in [0.29, 0.717) is 5.95 Å². The zero-order chi connectivity index (χ0) is 12.3. The number of hydrogen-bond acceptors (Lipinski definition) is 4. The Morgan fingerprint density at radius 1 is 1.29 bits per heavy atom. The van der Waals surface area contributed by atoms with E-state index in [-0.39, 0.29) is 5.82 Å². The minimum atomic E-state index is -0.470. The molecule has 0 saturated heterocycles. The van der Waals surface area contributed by atoms with Crippen molar-refractivity contribution in [3.05, 3.63) is 41.8 Å². The van der Waals surface area contributed by atoms with Crippen LogP contribution in [0.5, 0.6) is 0 Å². The van der Waals surface area contributed by atoms with Crippen molar-refractivity contribution in [3.63, 3.8) is 0 Å². The highest BCUT2D eigenvalue weighted by Crippen LogP contribution is 2.16. The van der Waals surface area contributed by atoms with Gasteiger partial charge in [0, 0.05) is 12.7 Å². The molecule has 5 heteroatoms. The summed E-state index contributed by atoms with van der Waals surface area (Å²) in [5, 5.41) is 5.68. The van der Waals surface area contributed by atoms with Gasteiger partial charge >= 0.3 is 0 Å². The normalized spacial score (nSPS) is 10.1. The van der Waals surface area contributed by atoms with Crippen molar-refractivity contribution >= 4 is 17.5 Å². The summed E-state index contributed by atoms with van der Waals surface area (Å²) in [6, 6.07) is 7.79. The van der Waals surface area contributed by atoms with E-state index in [9.17, 15) is 4.39 Å². The first-order valence-electron chi connectivity index (χ1n) is 5.23. The van der Waals surface area contributed by atoms with Gasteiger partial charge in [0.25, 0.3) is 0 Å². The zero-order valence-electron chi connectivity index (χ0n) is 9.66. The Kier molecular flexibility index (Phi) is 3.18. The van der Waals surface area contributed by atoms with Crippen LogP contribution in [0.1, 0.15) is 5.56 Å². The summed E-state index contributed by atoms with van der Waals surface area (Å²) in [5.74, 6) is 0.0683. The Labute approximate surface area is 98.9 Å². The molecule has 0 radical (unpaired) electrons. The first-order valence-corrected chi connectivity index (χ1v) is 5.23. The minimum absolute atomic E-state index is 0.176. The topological polar surface area (TPSA) is 49.8 Å². The molecule has 4 nitrogen and oxygen atoms in total. The van der Waals surface area contributed by atoms with Gasteiger partial charge in [0.05, 0.1) is 6.20 Å². The molecule has 88 valence electrons. The Hall–Kier alpha value is -2.17. The van der Waals surface area contributed by atoms with Gasteiger partial charge in [0.15, 0.2) is 11.6 Å². The van der Waals surface area contributed by atoms with Crippen LogP contribution < -0.4 is 10.6 Å². The number of benzene rings is 1. The molecule has 2 rings (SSSR count). The quantitative estimate of drug-likeness (QED) is 0.854. The lowest BCUT2D eigenvalue weighted by molar-refractivity contribution is 0.619. The van der Waals surface area contributed by atoms with Crippen LogP contribution in [-0.4, -0.2) is 17.0 Å². The molecule has 1 aromatic heterocycles. The third-order valence-electron chi connectivity index (χ3n) is 2.26. The van der Waals surface area contributed by atoms with Crippen LogP contribution in [0, 0.1) is 12.7 Å². The van der Waals surface area contributed by atoms with Crippen LogP contribution in [0.4, 0.5) is 21.8 Å². The molecule has 2 N–H and O–H groups in total. The summed E-state index contributed by atoms with van der Waals surface area (Å²) in [4.78, 5) is 7.88. The Morgan fingerprint density at radius 2 is 2.12 bits per heavy atom. The molecule has 0 bridgehead atoms. The summed E-state index contributed by atoms with van der Waals surface area (Å²) < 4.78 is 13.2. The zero-order valence-corrected chi connectivity index (χ0v) is 9.66. The lowest BCUT2D eigenvalue weighted by atomic mass is 10.2. The number of nitrogens with one attached hydrogen (secondary N) is 2. The SMILES string of the molecule is CNc1nc(Nc2cccc(C)c2)ncc1F. The highest BCUT2D eigenvalue weighted by molar-refractivity contribution is 5.55. The van der Waals surface area contributed by atoms with Crippen LogP contribution in [0.3, 0.4) is 0 Å². The molecule has 17 heavy (non-hydrogen) atoms. The number of halogens is 1. The van der Waals surface area contributed by atoms with Gasteiger partial charge in [0.2, 0.25) is 5.95 Å². The van der Waals surface area contributed by atoms with E-state index in [1.54, 1.807) is 7.05 Å². The summed E-state index contributed by atoms with van der Waals surface area (Å²) in [7, 11) is 1.61. The van der Waals surface area contributed by atoms with Gasteiger partial charge in [-0.1, -0.05) is 12.1 Å². The summed E-state index contributed by atoms with van der Waals surface area (Å²) >= 11 is 0. The molecular weight excluding hydrogens is 219 g/mol. The molecule has 0 saturated carbocycles. The largest absolute Gasteiger partial charge is 0.371 e. The second-order valence-corrected chi connectivity index (χ2v) is 3.63. The van der Waals surface area contributed by atoms with Crippen LogP contribution in [0.25, 0.3) is 0 Å². The van der Waals surface area contributed by atoms with Gasteiger partial charge in [-0.15, -0.1) is 0 Å². The van der Waals surface area contributed by atoms with Crippen molar-refractivity contribution in [1.82, 2.24) is 9.97 Å². The minimum Gasteiger partial charge on any atom is -0.371 e. The summed E-state index contributed by atoms with van der Waals surface area (Å²) in [6.07, 6.45) is 1.14. The molecule has 0 aliphatic heterocycles. The maximum Gasteiger partial charge on any atom is 0.229 e. The van der Waals surface area contributed by atoms with Crippen LogP contribution in [0.15, 0.2) is 30.5 Å². The molecule has 0 aliphatic carbocycles. The molecule has 0 fully saturated rings. The third-order valence-corrected chi connectivity index (χ3v) is 2.26. The summed E-state index contributed by atoms with van der Waals surface area (Å²) in [6.45, 7) is 2.00. The number of aromatic nitrogens is 2. The standard InChI is InChI=1S/C12H13FN4/c1-8-4-3-5-9(6-8)16-12-15-7-10(13)11(14-2)17-12/h3-7H,1-2H3,(H2,14,15,16,17). The summed E-state index contributed by atoms with van der Waals surface area (Å²) in [5.41, 5.74) is 2.00. The van der Waals surface area contributed by atoms with Gasteiger partial charge < -0.3 is 10.6 Å². The van der Waals surface area contributed by atoms with Crippen molar-refractivity contribution in [1.29, 1.82) is 0 Å². The fraction of sp³-hybridized carbons (Fsp3) is 0.167. The number of hydrogen-bond donors (Lipinski definition) is 2. The second-order valence-electron chi connectivity index (χ2n) is 3.63. The number of anilines is 3. The van der Waals surface area contributed by atoms with Crippen LogP contribution in [0.2, 0.25) is 0 Å².